The summed E-state index contributed by atoms with van der Waals surface area (Å²) in [5, 5.41) is 18.1. The number of halogens is 1. The lowest BCUT2D eigenvalue weighted by Crippen LogP contribution is -2.30. The highest BCUT2D eigenvalue weighted by atomic mass is 35.5. The number of nitrogens with zero attached hydrogens (tertiary/aromatic N) is 4. The van der Waals surface area contributed by atoms with Crippen LogP contribution in [0.4, 0.5) is 0 Å². The van der Waals surface area contributed by atoms with Crippen molar-refractivity contribution in [3.63, 3.8) is 0 Å². The summed E-state index contributed by atoms with van der Waals surface area (Å²) in [6.45, 7) is 2.32. The molecule has 0 spiro atoms. The molecule has 1 aromatic carbocycles. The predicted octanol–water partition coefficient (Wildman–Crippen LogP) is 1.78. The van der Waals surface area contributed by atoms with Crippen LogP contribution in [0.1, 0.15) is 22.6 Å². The molecule has 2 aromatic rings. The molecule has 2 heterocycles. The number of aliphatic carboxylic acids is 1. The number of carbonyl (C=O) groups is 2. The average molecular weight is 335 g/mol. The average Bonchev–Trinajstić information content (AvgIpc) is 3.13. The molecule has 1 atom stereocenters. The second-order valence-corrected chi connectivity index (χ2v) is 5.91. The second-order valence-electron chi connectivity index (χ2n) is 5.48. The van der Waals surface area contributed by atoms with Gasteiger partial charge in [-0.25, -0.2) is 0 Å². The van der Waals surface area contributed by atoms with E-state index in [-0.39, 0.29) is 18.1 Å². The maximum absolute atomic E-state index is 12.5. The van der Waals surface area contributed by atoms with Gasteiger partial charge in [-0.05, 0) is 31.5 Å². The zero-order valence-corrected chi connectivity index (χ0v) is 13.2. The van der Waals surface area contributed by atoms with Crippen molar-refractivity contribution < 1.29 is 14.7 Å². The van der Waals surface area contributed by atoms with Crippen LogP contribution in [0.15, 0.2) is 24.3 Å². The first-order chi connectivity index (χ1) is 11.0. The van der Waals surface area contributed by atoms with E-state index in [0.29, 0.717) is 29.4 Å². The van der Waals surface area contributed by atoms with Crippen LogP contribution < -0.4 is 0 Å². The van der Waals surface area contributed by atoms with E-state index < -0.39 is 11.9 Å². The fourth-order valence-electron chi connectivity index (χ4n) is 2.59. The van der Waals surface area contributed by atoms with Gasteiger partial charge in [0.15, 0.2) is 5.69 Å². The van der Waals surface area contributed by atoms with Gasteiger partial charge in [0.05, 0.1) is 17.3 Å². The highest BCUT2D eigenvalue weighted by Gasteiger charge is 2.33. The summed E-state index contributed by atoms with van der Waals surface area (Å²) >= 11 is 5.95. The third-order valence-electron chi connectivity index (χ3n) is 3.85. The van der Waals surface area contributed by atoms with Crippen molar-refractivity contribution in [3.8, 4) is 5.69 Å². The molecule has 0 bridgehead atoms. The van der Waals surface area contributed by atoms with Crippen molar-refractivity contribution in [1.29, 1.82) is 0 Å². The highest BCUT2D eigenvalue weighted by molar-refractivity contribution is 6.30. The lowest BCUT2D eigenvalue weighted by Gasteiger charge is -2.14. The molecule has 1 aliphatic rings. The summed E-state index contributed by atoms with van der Waals surface area (Å²) in [6, 6.07) is 7.00. The van der Waals surface area contributed by atoms with E-state index in [1.165, 1.54) is 9.70 Å². The monoisotopic (exact) mass is 334 g/mol. The van der Waals surface area contributed by atoms with E-state index in [2.05, 4.69) is 10.2 Å². The lowest BCUT2D eigenvalue weighted by atomic mass is 10.1. The zero-order valence-electron chi connectivity index (χ0n) is 12.4. The Morgan fingerprint density at radius 2 is 2.13 bits per heavy atom. The van der Waals surface area contributed by atoms with Crippen LogP contribution in [0.25, 0.3) is 5.69 Å². The molecule has 1 N–H and O–H groups in total. The first-order valence-corrected chi connectivity index (χ1v) is 7.55. The Morgan fingerprint density at radius 1 is 1.35 bits per heavy atom. The number of carbonyl (C=O) groups excluding carboxylic acids is 1. The quantitative estimate of drug-likeness (QED) is 0.924. The summed E-state index contributed by atoms with van der Waals surface area (Å²) in [5.74, 6) is -1.68. The molecule has 120 valence electrons. The number of hydrogen-bond acceptors (Lipinski definition) is 4. The molecule has 0 saturated carbocycles. The molecular weight excluding hydrogens is 320 g/mol. The van der Waals surface area contributed by atoms with Gasteiger partial charge in [0.2, 0.25) is 0 Å². The van der Waals surface area contributed by atoms with Crippen LogP contribution in [-0.4, -0.2) is 50.0 Å². The maximum Gasteiger partial charge on any atom is 0.308 e. The zero-order chi connectivity index (χ0) is 16.6. The van der Waals surface area contributed by atoms with Gasteiger partial charge in [0, 0.05) is 18.1 Å². The molecule has 3 rings (SSSR count). The number of likely N-dealkylation sites (tertiary alicyclic amines) is 1. The van der Waals surface area contributed by atoms with Gasteiger partial charge in [0.25, 0.3) is 5.91 Å². The van der Waals surface area contributed by atoms with Gasteiger partial charge in [-0.3, -0.25) is 9.59 Å². The van der Waals surface area contributed by atoms with Crippen LogP contribution >= 0.6 is 11.6 Å². The van der Waals surface area contributed by atoms with Crippen molar-refractivity contribution in [2.45, 2.75) is 13.3 Å². The molecule has 1 fully saturated rings. The van der Waals surface area contributed by atoms with Gasteiger partial charge >= 0.3 is 5.97 Å². The minimum Gasteiger partial charge on any atom is -0.481 e. The second kappa shape index (κ2) is 6.00. The largest absolute Gasteiger partial charge is 0.481 e. The summed E-state index contributed by atoms with van der Waals surface area (Å²) in [5.41, 5.74) is 1.38. The lowest BCUT2D eigenvalue weighted by molar-refractivity contribution is -0.141. The van der Waals surface area contributed by atoms with Crippen molar-refractivity contribution in [1.82, 2.24) is 19.9 Å². The summed E-state index contributed by atoms with van der Waals surface area (Å²) in [6.07, 6.45) is 0.461. The van der Waals surface area contributed by atoms with Crippen molar-refractivity contribution in [2.75, 3.05) is 13.1 Å². The molecule has 1 aromatic heterocycles. The van der Waals surface area contributed by atoms with Crippen LogP contribution in [0, 0.1) is 12.8 Å². The number of rotatable bonds is 3. The fourth-order valence-corrected chi connectivity index (χ4v) is 2.77. The van der Waals surface area contributed by atoms with Crippen LogP contribution in [0.2, 0.25) is 5.02 Å². The van der Waals surface area contributed by atoms with Crippen LogP contribution in [0.5, 0.6) is 0 Å². The Hall–Kier alpha value is -2.41. The first kappa shape index (κ1) is 15.5. The van der Waals surface area contributed by atoms with Crippen LogP contribution in [0.3, 0.4) is 0 Å². The van der Waals surface area contributed by atoms with Crippen molar-refractivity contribution in [2.24, 2.45) is 5.92 Å². The Kier molecular flexibility index (Phi) is 4.04. The van der Waals surface area contributed by atoms with Gasteiger partial charge < -0.3 is 10.0 Å². The van der Waals surface area contributed by atoms with E-state index in [4.69, 9.17) is 16.7 Å². The number of carboxylic acid groups (broad SMARTS) is 1. The Bertz CT molecular complexity index is 774. The Labute approximate surface area is 137 Å². The molecular formula is C15H15ClN4O3. The number of amides is 1. The molecule has 1 amide bonds. The predicted molar refractivity (Wildman–Crippen MR) is 82.8 cm³/mol. The van der Waals surface area contributed by atoms with Crippen LogP contribution in [-0.2, 0) is 4.79 Å². The number of hydrogen-bond donors (Lipinski definition) is 1. The van der Waals surface area contributed by atoms with Gasteiger partial charge in [-0.15, -0.1) is 5.10 Å². The first-order valence-electron chi connectivity index (χ1n) is 7.17. The molecule has 23 heavy (non-hydrogen) atoms. The topological polar surface area (TPSA) is 88.3 Å². The minimum atomic E-state index is -0.875. The molecule has 1 saturated heterocycles. The Balaban J connectivity index is 1.84. The normalized spacial score (nSPS) is 17.5. The molecule has 0 radical (unpaired) electrons. The number of benzene rings is 1. The van der Waals surface area contributed by atoms with E-state index in [1.54, 1.807) is 31.2 Å². The summed E-state index contributed by atoms with van der Waals surface area (Å²) in [4.78, 5) is 26.4. The van der Waals surface area contributed by atoms with E-state index >= 15 is 0 Å². The Morgan fingerprint density at radius 3 is 2.78 bits per heavy atom. The minimum absolute atomic E-state index is 0.206. The highest BCUT2D eigenvalue weighted by Crippen LogP contribution is 2.20. The third kappa shape index (κ3) is 3.05. The fraction of sp³-hybridized carbons (Fsp3) is 0.333. The van der Waals surface area contributed by atoms with Crippen molar-refractivity contribution >= 4 is 23.5 Å². The van der Waals surface area contributed by atoms with E-state index in [1.807, 2.05) is 0 Å². The molecule has 8 heteroatoms. The third-order valence-corrected chi connectivity index (χ3v) is 4.08. The number of carboxylic acids is 1. The number of aromatic nitrogens is 3. The van der Waals surface area contributed by atoms with E-state index in [0.717, 1.165) is 0 Å². The van der Waals surface area contributed by atoms with E-state index in [9.17, 15) is 9.59 Å². The summed E-state index contributed by atoms with van der Waals surface area (Å²) in [7, 11) is 0. The van der Waals surface area contributed by atoms with Gasteiger partial charge in [-0.1, -0.05) is 17.7 Å². The number of aryl methyl sites for hydroxylation is 1. The smallest absolute Gasteiger partial charge is 0.308 e. The molecule has 1 aliphatic heterocycles. The molecule has 0 aliphatic carbocycles. The SMILES string of the molecule is Cc1nn(-c2cccc(Cl)c2)nc1C(=O)N1CC[C@@H](C(=O)O)C1. The standard InChI is InChI=1S/C15H15ClN4O3/c1-9-13(14(21)19-6-5-10(8-19)15(22)23)18-20(17-9)12-4-2-3-11(16)7-12/h2-4,7,10H,5-6,8H2,1H3,(H,22,23)/t10-/m1/s1. The maximum atomic E-state index is 12.5. The molecule has 7 nitrogen and oxygen atoms in total. The van der Waals surface area contributed by atoms with Gasteiger partial charge in [-0.2, -0.15) is 9.90 Å². The molecule has 0 unspecified atom stereocenters. The van der Waals surface area contributed by atoms with Crippen molar-refractivity contribution in [3.05, 3.63) is 40.7 Å². The summed E-state index contributed by atoms with van der Waals surface area (Å²) < 4.78 is 0. The van der Waals surface area contributed by atoms with Gasteiger partial charge in [0.1, 0.15) is 0 Å².